The number of hydrogen-bond donors (Lipinski definition) is 0. The van der Waals surface area contributed by atoms with Gasteiger partial charge in [-0.15, -0.1) is 21.9 Å². The fourth-order valence-electron chi connectivity index (χ4n) is 6.67. The molecule has 0 atom stereocenters. The standard InChI is InChI=1S/C24BF20.C16H16NO3/c26-5-1(6(27)14(35)21(42)13(5)34)25(2-7(28)15(36)22(43)16(37)8(2)29,3-9(30)17(38)23(44)18(39)10(3)31)4-11(32)19(40)24(45)20(41)12(4)33;1-2-20-16(19)14-8-10-17(11-9-14)12-15(18)13-6-4-3-5-7-13/h;3-11H,2,12H2,1H3/q-1;+1. The van der Waals surface area contributed by atoms with Crippen LogP contribution in [0.5, 0.6) is 0 Å². The summed E-state index contributed by atoms with van der Waals surface area (Å²) in [6.07, 6.45) is -3.81. The second-order valence-corrected chi connectivity index (χ2v) is 13.1. The van der Waals surface area contributed by atoms with E-state index in [1.165, 1.54) is 0 Å². The van der Waals surface area contributed by atoms with Gasteiger partial charge in [-0.1, -0.05) is 30.3 Å². The van der Waals surface area contributed by atoms with Gasteiger partial charge in [0.25, 0.3) is 0 Å². The van der Waals surface area contributed by atoms with Crippen molar-refractivity contribution in [1.82, 2.24) is 0 Å². The van der Waals surface area contributed by atoms with Crippen molar-refractivity contribution in [2.75, 3.05) is 6.61 Å². The van der Waals surface area contributed by atoms with Gasteiger partial charge in [0.15, 0.2) is 82.2 Å². The minimum absolute atomic E-state index is 0.0273. The Morgan fingerprint density at radius 1 is 0.400 bits per heavy atom. The average Bonchev–Trinajstić information content (AvgIpc) is 3.29. The van der Waals surface area contributed by atoms with E-state index >= 15 is 35.1 Å². The van der Waals surface area contributed by atoms with Crippen molar-refractivity contribution < 1.29 is 107 Å². The number of ketones is 1. The van der Waals surface area contributed by atoms with E-state index in [9.17, 15) is 62.3 Å². The lowest BCUT2D eigenvalue weighted by molar-refractivity contribution is -0.683. The van der Waals surface area contributed by atoms with Crippen molar-refractivity contribution in [3.63, 3.8) is 0 Å². The zero-order chi connectivity index (χ0) is 48.7. The highest BCUT2D eigenvalue weighted by molar-refractivity contribution is 7.20. The number of ether oxygens (including phenoxy) is 1. The van der Waals surface area contributed by atoms with E-state index in [1.54, 1.807) is 48.1 Å². The number of Topliss-reactive ketones (excluding diaryl/α,β-unsaturated/α-hetero) is 1. The van der Waals surface area contributed by atoms with Gasteiger partial charge >= 0.3 is 5.97 Å². The lowest BCUT2D eigenvalue weighted by Gasteiger charge is -2.44. The number of nitrogens with zero attached hydrogens (tertiary/aromatic N) is 1. The molecule has 0 fully saturated rings. The Labute approximate surface area is 348 Å². The molecule has 0 saturated heterocycles. The smallest absolute Gasteiger partial charge is 0.338 e. The molecule has 6 rings (SSSR count). The van der Waals surface area contributed by atoms with Crippen molar-refractivity contribution in [3.8, 4) is 0 Å². The summed E-state index contributed by atoms with van der Waals surface area (Å²) < 4.78 is 301. The monoisotopic (exact) mass is 949 g/mol. The van der Waals surface area contributed by atoms with E-state index < -0.39 is 144 Å². The van der Waals surface area contributed by atoms with E-state index in [0.717, 1.165) is 0 Å². The highest BCUT2D eigenvalue weighted by Gasteiger charge is 2.52. The maximum atomic E-state index is 15.4. The number of halogens is 20. The Kier molecular flexibility index (Phi) is 14.1. The number of esters is 1. The van der Waals surface area contributed by atoms with E-state index in [1.807, 2.05) is 18.2 Å². The van der Waals surface area contributed by atoms with E-state index in [2.05, 4.69) is 0 Å². The van der Waals surface area contributed by atoms with Gasteiger partial charge in [-0.05, 0) is 6.92 Å². The molecule has 0 spiro atoms. The first kappa shape index (κ1) is 49.1. The molecule has 0 bridgehead atoms. The minimum atomic E-state index is -7.22. The number of pyridine rings is 1. The lowest BCUT2D eigenvalue weighted by atomic mass is 9.12. The summed E-state index contributed by atoms with van der Waals surface area (Å²) in [6, 6.07) is 12.4. The molecule has 0 aliphatic heterocycles. The molecule has 0 aliphatic carbocycles. The fraction of sp³-hybridized carbons (Fsp3) is 0.0750. The largest absolute Gasteiger partial charge is 0.462 e. The van der Waals surface area contributed by atoms with Gasteiger partial charge in [0.2, 0.25) is 12.3 Å². The highest BCUT2D eigenvalue weighted by Crippen LogP contribution is 2.30. The Balaban J connectivity index is 0.000000330. The first-order chi connectivity index (χ1) is 30.4. The van der Waals surface area contributed by atoms with Crippen LogP contribution in [-0.4, -0.2) is 24.5 Å². The molecule has 5 aromatic carbocycles. The third kappa shape index (κ3) is 8.11. The van der Waals surface area contributed by atoms with Crippen LogP contribution in [0.15, 0.2) is 54.9 Å². The molecule has 6 aromatic rings. The Morgan fingerprint density at radius 2 is 0.662 bits per heavy atom. The van der Waals surface area contributed by atoms with Gasteiger partial charge in [-0.3, -0.25) is 4.79 Å². The number of hydrogen-bond acceptors (Lipinski definition) is 3. The number of aromatic nitrogens is 1. The third-order valence-corrected chi connectivity index (χ3v) is 9.53. The van der Waals surface area contributed by atoms with Crippen molar-refractivity contribution in [2.24, 2.45) is 0 Å². The van der Waals surface area contributed by atoms with Crippen molar-refractivity contribution >= 4 is 39.7 Å². The normalized spacial score (nSPS) is 11.4. The van der Waals surface area contributed by atoms with Gasteiger partial charge in [0, 0.05) is 17.7 Å². The molecule has 0 radical (unpaired) electrons. The van der Waals surface area contributed by atoms with Crippen LogP contribution in [0.1, 0.15) is 27.6 Å². The van der Waals surface area contributed by atoms with Gasteiger partial charge in [0.05, 0.1) is 12.2 Å². The summed E-state index contributed by atoms with van der Waals surface area (Å²) in [4.78, 5) is 23.5. The molecule has 0 N–H and O–H groups in total. The fourth-order valence-corrected chi connectivity index (χ4v) is 6.67. The molecule has 342 valence electrons. The summed E-state index contributed by atoms with van der Waals surface area (Å²) in [7, 11) is 0. The van der Waals surface area contributed by atoms with E-state index in [4.69, 9.17) is 4.74 Å². The number of carbonyl (C=O) groups is 2. The van der Waals surface area contributed by atoms with Crippen molar-refractivity contribution in [1.29, 1.82) is 0 Å². The molecule has 4 nitrogen and oxygen atoms in total. The molecular formula is C40H16BF20NO3. The number of carbonyl (C=O) groups excluding carboxylic acids is 2. The molecular weight excluding hydrogens is 933 g/mol. The summed E-state index contributed by atoms with van der Waals surface area (Å²) in [5, 5.41) is 0. The summed E-state index contributed by atoms with van der Waals surface area (Å²) in [5.74, 6) is -71.7. The quantitative estimate of drug-likeness (QED) is 0.0282. The zero-order valence-corrected chi connectivity index (χ0v) is 31.4. The van der Waals surface area contributed by atoms with Gasteiger partial charge in [-0.2, -0.15) is 4.57 Å². The Morgan fingerprint density at radius 3 is 0.923 bits per heavy atom. The number of rotatable bonds is 9. The molecule has 0 unspecified atom stereocenters. The molecule has 0 amide bonds. The van der Waals surface area contributed by atoms with Gasteiger partial charge in [-0.25, -0.2) is 92.6 Å². The van der Waals surface area contributed by atoms with Crippen LogP contribution >= 0.6 is 0 Å². The summed E-state index contributed by atoms with van der Waals surface area (Å²) in [5.41, 5.74) is -13.2. The van der Waals surface area contributed by atoms with Crippen molar-refractivity contribution in [2.45, 2.75) is 13.5 Å². The van der Waals surface area contributed by atoms with Crippen LogP contribution < -0.4 is 26.4 Å². The van der Waals surface area contributed by atoms with Crippen LogP contribution in [0.2, 0.25) is 0 Å². The van der Waals surface area contributed by atoms with Crippen LogP contribution in [0.25, 0.3) is 0 Å². The Hall–Kier alpha value is -6.95. The lowest BCUT2D eigenvalue weighted by Crippen LogP contribution is -2.81. The predicted molar refractivity (Wildman–Crippen MR) is 183 cm³/mol. The molecule has 25 heteroatoms. The first-order valence-corrected chi connectivity index (χ1v) is 17.4. The van der Waals surface area contributed by atoms with Crippen LogP contribution in [0.4, 0.5) is 87.8 Å². The predicted octanol–water partition coefficient (Wildman–Crippen LogP) is 7.88. The highest BCUT2D eigenvalue weighted by atomic mass is 19.2. The average molecular weight is 949 g/mol. The molecule has 65 heavy (non-hydrogen) atoms. The SMILES string of the molecule is CCOC(=O)c1cc[n+](CC(=O)c2ccccc2)cc1.Fc1c(F)c(F)c([B-](c2c(F)c(F)c(F)c(F)c2F)(c2c(F)c(F)c(F)c(F)c2F)c2c(F)c(F)c(F)c(F)c2F)c(F)c1F. The topological polar surface area (TPSA) is 47.2 Å². The number of benzene rings is 5. The third-order valence-electron chi connectivity index (χ3n) is 9.53. The second kappa shape index (κ2) is 18.6. The molecule has 1 aromatic heterocycles. The first-order valence-electron chi connectivity index (χ1n) is 17.4. The molecule has 1 heterocycles. The van der Waals surface area contributed by atoms with Crippen LogP contribution in [0.3, 0.4) is 0 Å². The van der Waals surface area contributed by atoms with Crippen LogP contribution in [0, 0.1) is 116 Å². The van der Waals surface area contributed by atoms with Gasteiger partial charge < -0.3 is 4.74 Å². The van der Waals surface area contributed by atoms with E-state index in [0.29, 0.717) is 17.7 Å². The second-order valence-electron chi connectivity index (χ2n) is 13.1. The zero-order valence-electron chi connectivity index (χ0n) is 31.4. The molecule has 0 saturated carbocycles. The van der Waals surface area contributed by atoms with Gasteiger partial charge in [0.1, 0.15) is 52.7 Å². The maximum absolute atomic E-state index is 15.4. The Bertz CT molecular complexity index is 2520. The van der Waals surface area contributed by atoms with Crippen molar-refractivity contribution in [3.05, 3.63) is 182 Å². The summed E-state index contributed by atoms with van der Waals surface area (Å²) >= 11 is 0. The maximum Gasteiger partial charge on any atom is 0.338 e. The van der Waals surface area contributed by atoms with E-state index in [-0.39, 0.29) is 18.3 Å². The minimum Gasteiger partial charge on any atom is -0.462 e. The summed E-state index contributed by atoms with van der Waals surface area (Å²) in [6.45, 7) is 2.35. The van der Waals surface area contributed by atoms with Crippen LogP contribution in [-0.2, 0) is 11.3 Å². The molecule has 0 aliphatic rings.